The summed E-state index contributed by atoms with van der Waals surface area (Å²) in [5.41, 5.74) is -0.464. The number of halogens is 3. The molecule has 0 fully saturated rings. The first-order chi connectivity index (χ1) is 8.07. The number of benzene rings is 1. The zero-order valence-corrected chi connectivity index (χ0v) is 9.23. The number of Topliss-reactive ketones (excluding diaryl/α,β-unsaturated/α-hetero) is 1. The van der Waals surface area contributed by atoms with Crippen LogP contribution in [0.4, 0.5) is 13.2 Å². The van der Waals surface area contributed by atoms with Crippen molar-refractivity contribution in [3.63, 3.8) is 0 Å². The van der Waals surface area contributed by atoms with Crippen molar-refractivity contribution in [3.05, 3.63) is 35.1 Å². The summed E-state index contributed by atoms with van der Waals surface area (Å²) in [7, 11) is 1.50. The van der Waals surface area contributed by atoms with E-state index in [2.05, 4.69) is 5.32 Å². The topological polar surface area (TPSA) is 38.3 Å². The third-order valence-corrected chi connectivity index (χ3v) is 2.10. The van der Waals surface area contributed by atoms with Crippen LogP contribution in [0.15, 0.2) is 12.1 Å². The summed E-state index contributed by atoms with van der Waals surface area (Å²) >= 11 is 0. The van der Waals surface area contributed by atoms with Crippen molar-refractivity contribution in [1.29, 1.82) is 0 Å². The standard InChI is InChI=1S/C11H12F3NO2/c1-17-5-4-15-6-9(16)7-2-3-8(12)11(14)10(7)13/h2-3,15H,4-6H2,1H3. The van der Waals surface area contributed by atoms with Gasteiger partial charge in [-0.25, -0.2) is 13.2 Å². The molecule has 0 saturated heterocycles. The van der Waals surface area contributed by atoms with Crippen molar-refractivity contribution >= 4 is 5.78 Å². The Hall–Kier alpha value is -1.40. The first-order valence-corrected chi connectivity index (χ1v) is 4.94. The second-order valence-electron chi connectivity index (χ2n) is 3.32. The fourth-order valence-corrected chi connectivity index (χ4v) is 1.21. The van der Waals surface area contributed by atoms with Gasteiger partial charge < -0.3 is 10.1 Å². The zero-order valence-electron chi connectivity index (χ0n) is 9.23. The lowest BCUT2D eigenvalue weighted by atomic mass is 10.1. The molecule has 0 heterocycles. The monoisotopic (exact) mass is 247 g/mol. The third kappa shape index (κ3) is 3.54. The number of ether oxygens (including phenoxy) is 1. The molecule has 0 bridgehead atoms. The molecular formula is C11H12F3NO2. The van der Waals surface area contributed by atoms with Crippen molar-refractivity contribution in [2.45, 2.75) is 0 Å². The fraction of sp³-hybridized carbons (Fsp3) is 0.364. The van der Waals surface area contributed by atoms with Crippen LogP contribution in [0.5, 0.6) is 0 Å². The fourth-order valence-electron chi connectivity index (χ4n) is 1.21. The van der Waals surface area contributed by atoms with Crippen molar-refractivity contribution in [2.24, 2.45) is 0 Å². The minimum Gasteiger partial charge on any atom is -0.383 e. The number of carbonyl (C=O) groups is 1. The average molecular weight is 247 g/mol. The van der Waals surface area contributed by atoms with Crippen LogP contribution in [0.1, 0.15) is 10.4 Å². The lowest BCUT2D eigenvalue weighted by Gasteiger charge is -2.05. The van der Waals surface area contributed by atoms with E-state index in [1.54, 1.807) is 0 Å². The SMILES string of the molecule is COCCNCC(=O)c1ccc(F)c(F)c1F. The zero-order chi connectivity index (χ0) is 12.8. The van der Waals surface area contributed by atoms with Gasteiger partial charge in [0.05, 0.1) is 18.7 Å². The van der Waals surface area contributed by atoms with Gasteiger partial charge in [-0.2, -0.15) is 0 Å². The van der Waals surface area contributed by atoms with Crippen LogP contribution in [-0.4, -0.2) is 32.6 Å². The summed E-state index contributed by atoms with van der Waals surface area (Å²) in [5.74, 6) is -5.04. The van der Waals surface area contributed by atoms with Gasteiger partial charge in [0.2, 0.25) is 0 Å². The normalized spacial score (nSPS) is 10.6. The average Bonchev–Trinajstić information content (AvgIpc) is 2.31. The summed E-state index contributed by atoms with van der Waals surface area (Å²) in [6.45, 7) is 0.645. The summed E-state index contributed by atoms with van der Waals surface area (Å²) in [5, 5.41) is 2.69. The highest BCUT2D eigenvalue weighted by atomic mass is 19.2. The molecule has 0 saturated carbocycles. The molecule has 1 N–H and O–H groups in total. The Morgan fingerprint density at radius 3 is 2.65 bits per heavy atom. The number of rotatable bonds is 6. The maximum Gasteiger partial charge on any atom is 0.195 e. The highest BCUT2D eigenvalue weighted by molar-refractivity contribution is 5.97. The molecule has 0 spiro atoms. The van der Waals surface area contributed by atoms with Crippen LogP contribution in [0.3, 0.4) is 0 Å². The van der Waals surface area contributed by atoms with Crippen molar-refractivity contribution < 1.29 is 22.7 Å². The van der Waals surface area contributed by atoms with Crippen LogP contribution < -0.4 is 5.32 Å². The second-order valence-corrected chi connectivity index (χ2v) is 3.32. The molecule has 0 aliphatic heterocycles. The van der Waals surface area contributed by atoms with E-state index in [0.29, 0.717) is 13.2 Å². The smallest absolute Gasteiger partial charge is 0.195 e. The van der Waals surface area contributed by atoms with Gasteiger partial charge >= 0.3 is 0 Å². The third-order valence-electron chi connectivity index (χ3n) is 2.10. The summed E-state index contributed by atoms with van der Waals surface area (Å²) in [6.07, 6.45) is 0. The van der Waals surface area contributed by atoms with E-state index < -0.39 is 28.8 Å². The molecule has 0 unspecified atom stereocenters. The predicted octanol–water partition coefficient (Wildman–Crippen LogP) is 1.52. The van der Waals surface area contributed by atoms with Gasteiger partial charge in [0.15, 0.2) is 23.2 Å². The van der Waals surface area contributed by atoms with Gasteiger partial charge in [-0.1, -0.05) is 0 Å². The highest BCUT2D eigenvalue weighted by Gasteiger charge is 2.18. The molecule has 94 valence electrons. The maximum atomic E-state index is 13.2. The minimum atomic E-state index is -1.63. The largest absolute Gasteiger partial charge is 0.383 e. The quantitative estimate of drug-likeness (QED) is 0.470. The number of hydrogen-bond acceptors (Lipinski definition) is 3. The predicted molar refractivity (Wildman–Crippen MR) is 55.4 cm³/mol. The molecule has 0 aliphatic carbocycles. The van der Waals surface area contributed by atoms with Gasteiger partial charge in [-0.05, 0) is 12.1 Å². The lowest BCUT2D eigenvalue weighted by Crippen LogP contribution is -2.27. The van der Waals surface area contributed by atoms with Gasteiger partial charge in [0, 0.05) is 13.7 Å². The van der Waals surface area contributed by atoms with Crippen molar-refractivity contribution in [3.8, 4) is 0 Å². The molecule has 0 radical (unpaired) electrons. The van der Waals surface area contributed by atoms with Gasteiger partial charge in [-0.15, -0.1) is 0 Å². The Balaban J connectivity index is 2.66. The van der Waals surface area contributed by atoms with Crippen LogP contribution in [-0.2, 0) is 4.74 Å². The van der Waals surface area contributed by atoms with E-state index in [1.165, 1.54) is 7.11 Å². The van der Waals surface area contributed by atoms with Crippen molar-refractivity contribution in [1.82, 2.24) is 5.32 Å². The van der Waals surface area contributed by atoms with Crippen LogP contribution in [0.2, 0.25) is 0 Å². The number of carbonyl (C=O) groups excluding carboxylic acids is 1. The second kappa shape index (κ2) is 6.36. The Morgan fingerprint density at radius 2 is 2.00 bits per heavy atom. The summed E-state index contributed by atoms with van der Waals surface area (Å²) in [4.78, 5) is 11.5. The number of nitrogens with one attached hydrogen (secondary N) is 1. The Bertz CT molecular complexity index is 410. The lowest BCUT2D eigenvalue weighted by molar-refractivity contribution is 0.0982. The Labute approximate surface area is 96.6 Å². The number of methoxy groups -OCH3 is 1. The van der Waals surface area contributed by atoms with Crippen LogP contribution in [0.25, 0.3) is 0 Å². The molecule has 0 aromatic heterocycles. The molecule has 1 aromatic carbocycles. The molecule has 1 aromatic rings. The highest BCUT2D eigenvalue weighted by Crippen LogP contribution is 2.15. The molecule has 1 rings (SSSR count). The number of ketones is 1. The van der Waals surface area contributed by atoms with Crippen LogP contribution in [0, 0.1) is 17.5 Å². The van der Waals surface area contributed by atoms with Gasteiger partial charge in [-0.3, -0.25) is 4.79 Å². The van der Waals surface area contributed by atoms with Crippen LogP contribution >= 0.6 is 0 Å². The van der Waals surface area contributed by atoms with E-state index in [0.717, 1.165) is 12.1 Å². The Kier molecular flexibility index (Phi) is 5.11. The van der Waals surface area contributed by atoms with E-state index in [4.69, 9.17) is 4.74 Å². The first kappa shape index (κ1) is 13.7. The van der Waals surface area contributed by atoms with E-state index in [1.807, 2.05) is 0 Å². The number of hydrogen-bond donors (Lipinski definition) is 1. The summed E-state index contributed by atoms with van der Waals surface area (Å²) < 4.78 is 43.4. The summed E-state index contributed by atoms with van der Waals surface area (Å²) in [6, 6.07) is 1.65. The Morgan fingerprint density at radius 1 is 1.29 bits per heavy atom. The van der Waals surface area contributed by atoms with E-state index in [9.17, 15) is 18.0 Å². The molecular weight excluding hydrogens is 235 g/mol. The van der Waals surface area contributed by atoms with E-state index in [-0.39, 0.29) is 6.54 Å². The first-order valence-electron chi connectivity index (χ1n) is 4.94. The molecule has 6 heteroatoms. The van der Waals surface area contributed by atoms with Crippen molar-refractivity contribution in [2.75, 3.05) is 26.8 Å². The minimum absolute atomic E-state index is 0.161. The maximum absolute atomic E-state index is 13.2. The molecule has 0 amide bonds. The van der Waals surface area contributed by atoms with Gasteiger partial charge in [0.25, 0.3) is 0 Å². The molecule has 17 heavy (non-hydrogen) atoms. The van der Waals surface area contributed by atoms with Gasteiger partial charge in [0.1, 0.15) is 0 Å². The molecule has 3 nitrogen and oxygen atoms in total. The van der Waals surface area contributed by atoms with E-state index >= 15 is 0 Å². The molecule has 0 atom stereocenters. The molecule has 0 aliphatic rings.